The molecule has 2 rings (SSSR count). The van der Waals surface area contributed by atoms with E-state index in [1.807, 2.05) is 44.2 Å². The van der Waals surface area contributed by atoms with Gasteiger partial charge in [-0.2, -0.15) is 0 Å². The van der Waals surface area contributed by atoms with Crippen LogP contribution in [-0.2, 0) is 6.54 Å². The highest BCUT2D eigenvalue weighted by Gasteiger charge is 2.06. The highest BCUT2D eigenvalue weighted by atomic mass is 35.5. The molecule has 0 fully saturated rings. The Morgan fingerprint density at radius 2 is 2.12 bits per heavy atom. The van der Waals surface area contributed by atoms with Crippen LogP contribution in [0.2, 0.25) is 5.15 Å². The monoisotopic (exact) mass is 346 g/mol. The van der Waals surface area contributed by atoms with Crippen molar-refractivity contribution in [3.8, 4) is 5.75 Å². The number of rotatable bonds is 6. The summed E-state index contributed by atoms with van der Waals surface area (Å²) in [6.07, 6.45) is 1.76. The summed E-state index contributed by atoms with van der Waals surface area (Å²) in [7, 11) is 1.74. The fourth-order valence-corrected chi connectivity index (χ4v) is 2.23. The van der Waals surface area contributed by atoms with Gasteiger partial charge in [0.15, 0.2) is 5.96 Å². The van der Waals surface area contributed by atoms with Crippen LogP contribution in [0.25, 0.3) is 0 Å². The number of nitrogens with one attached hydrogen (secondary N) is 2. The fraction of sp³-hybridized carbons (Fsp3) is 0.333. The lowest BCUT2D eigenvalue weighted by Gasteiger charge is -2.18. The number of halogens is 1. The largest absolute Gasteiger partial charge is 0.489 e. The average molecular weight is 347 g/mol. The van der Waals surface area contributed by atoms with Gasteiger partial charge in [-0.25, -0.2) is 4.98 Å². The quantitative estimate of drug-likeness (QED) is 0.479. The number of aliphatic imine (C=N–C) groups is 1. The minimum absolute atomic E-state index is 0.0162. The molecular formula is C18H23ClN4O. The number of benzene rings is 1. The van der Waals surface area contributed by atoms with E-state index in [1.165, 1.54) is 5.56 Å². The summed E-state index contributed by atoms with van der Waals surface area (Å²) in [5, 5.41) is 6.98. The van der Waals surface area contributed by atoms with Crippen LogP contribution in [0.4, 0.5) is 0 Å². The van der Waals surface area contributed by atoms with Gasteiger partial charge >= 0.3 is 0 Å². The number of aromatic nitrogens is 1. The number of hydrogen-bond donors (Lipinski definition) is 2. The van der Waals surface area contributed by atoms with Gasteiger partial charge in [-0.15, -0.1) is 0 Å². The highest BCUT2D eigenvalue weighted by molar-refractivity contribution is 6.29. The van der Waals surface area contributed by atoms with E-state index < -0.39 is 0 Å². The first-order valence-electron chi connectivity index (χ1n) is 7.85. The van der Waals surface area contributed by atoms with Crippen LogP contribution in [-0.4, -0.2) is 30.6 Å². The highest BCUT2D eigenvalue weighted by Crippen LogP contribution is 2.13. The van der Waals surface area contributed by atoms with Crippen molar-refractivity contribution in [2.45, 2.75) is 26.5 Å². The molecule has 0 aliphatic rings. The zero-order chi connectivity index (χ0) is 17.4. The lowest BCUT2D eigenvalue weighted by molar-refractivity contribution is 0.223. The second-order valence-electron chi connectivity index (χ2n) is 5.54. The third-order valence-corrected chi connectivity index (χ3v) is 3.58. The number of pyridine rings is 1. The van der Waals surface area contributed by atoms with Crippen LogP contribution in [0, 0.1) is 6.92 Å². The van der Waals surface area contributed by atoms with Crippen LogP contribution >= 0.6 is 11.6 Å². The summed E-state index contributed by atoms with van der Waals surface area (Å²) in [5.74, 6) is 1.59. The molecule has 1 unspecified atom stereocenters. The molecule has 0 aliphatic carbocycles. The van der Waals surface area contributed by atoms with Gasteiger partial charge in [0.2, 0.25) is 0 Å². The van der Waals surface area contributed by atoms with E-state index in [1.54, 1.807) is 19.3 Å². The second kappa shape index (κ2) is 9.13. The van der Waals surface area contributed by atoms with E-state index in [4.69, 9.17) is 16.3 Å². The van der Waals surface area contributed by atoms with Crippen LogP contribution in [0.5, 0.6) is 5.75 Å². The molecule has 2 N–H and O–H groups in total. The fourth-order valence-electron chi connectivity index (χ4n) is 2.12. The van der Waals surface area contributed by atoms with Gasteiger partial charge in [-0.05, 0) is 43.2 Å². The second-order valence-corrected chi connectivity index (χ2v) is 5.93. The lowest BCUT2D eigenvalue weighted by atomic mass is 10.2. The zero-order valence-electron chi connectivity index (χ0n) is 14.2. The lowest BCUT2D eigenvalue weighted by Crippen LogP contribution is -2.41. The maximum atomic E-state index is 5.90. The number of guanidine groups is 1. The van der Waals surface area contributed by atoms with E-state index in [0.717, 1.165) is 11.3 Å². The molecule has 1 aromatic heterocycles. The molecule has 0 radical (unpaired) electrons. The van der Waals surface area contributed by atoms with Crippen molar-refractivity contribution in [3.63, 3.8) is 0 Å². The zero-order valence-corrected chi connectivity index (χ0v) is 15.0. The van der Waals surface area contributed by atoms with E-state index >= 15 is 0 Å². The minimum Gasteiger partial charge on any atom is -0.489 e. The molecule has 0 amide bonds. The summed E-state index contributed by atoms with van der Waals surface area (Å²) in [6.45, 7) is 5.34. The number of aryl methyl sites for hydroxylation is 1. The molecule has 0 spiro atoms. The van der Waals surface area contributed by atoms with Crippen LogP contribution in [0.1, 0.15) is 18.1 Å². The van der Waals surface area contributed by atoms with E-state index in [0.29, 0.717) is 24.2 Å². The van der Waals surface area contributed by atoms with Crippen molar-refractivity contribution in [1.29, 1.82) is 0 Å². The molecule has 1 aromatic carbocycles. The molecule has 0 bridgehead atoms. The number of ether oxygens (including phenoxy) is 1. The van der Waals surface area contributed by atoms with Gasteiger partial charge in [0.25, 0.3) is 0 Å². The van der Waals surface area contributed by atoms with Crippen molar-refractivity contribution >= 4 is 17.6 Å². The molecular weight excluding hydrogens is 324 g/mol. The summed E-state index contributed by atoms with van der Waals surface area (Å²) in [5.41, 5.74) is 2.22. The third-order valence-electron chi connectivity index (χ3n) is 3.36. The Hall–Kier alpha value is -2.27. The first kappa shape index (κ1) is 18.1. The Morgan fingerprint density at radius 1 is 1.29 bits per heavy atom. The van der Waals surface area contributed by atoms with Crippen LogP contribution in [0.3, 0.4) is 0 Å². The smallest absolute Gasteiger partial charge is 0.191 e. The van der Waals surface area contributed by atoms with Crippen molar-refractivity contribution in [3.05, 3.63) is 58.9 Å². The van der Waals surface area contributed by atoms with Crippen molar-refractivity contribution in [1.82, 2.24) is 15.6 Å². The standard InChI is InChI=1S/C18H23ClN4O/c1-13-5-4-6-16(9-13)24-14(2)10-22-18(20-3)23-12-15-7-8-17(19)21-11-15/h4-9,11,14H,10,12H2,1-3H3,(H2,20,22,23). The maximum absolute atomic E-state index is 5.90. The molecule has 2 aromatic rings. The van der Waals surface area contributed by atoms with Crippen molar-refractivity contribution < 1.29 is 4.74 Å². The predicted octanol–water partition coefficient (Wildman–Crippen LogP) is 3.18. The molecule has 0 aliphatic heterocycles. The molecule has 24 heavy (non-hydrogen) atoms. The summed E-state index contributed by atoms with van der Waals surface area (Å²) in [4.78, 5) is 8.26. The van der Waals surface area contributed by atoms with Gasteiger partial charge in [0, 0.05) is 19.8 Å². The topological polar surface area (TPSA) is 58.5 Å². The van der Waals surface area contributed by atoms with Gasteiger partial charge in [0.05, 0.1) is 6.54 Å². The molecule has 1 atom stereocenters. The molecule has 1 heterocycles. The Bertz CT molecular complexity index is 673. The number of nitrogens with zero attached hydrogens (tertiary/aromatic N) is 2. The van der Waals surface area contributed by atoms with Crippen molar-refractivity contribution in [2.24, 2.45) is 4.99 Å². The first-order chi connectivity index (χ1) is 11.6. The Labute approximate surface area is 148 Å². The Kier molecular flexibility index (Phi) is 6.88. The molecule has 0 saturated carbocycles. The molecule has 6 heteroatoms. The number of hydrogen-bond acceptors (Lipinski definition) is 3. The van der Waals surface area contributed by atoms with E-state index in [9.17, 15) is 0 Å². The van der Waals surface area contributed by atoms with Gasteiger partial charge < -0.3 is 15.4 Å². The Morgan fingerprint density at radius 3 is 2.79 bits per heavy atom. The SMILES string of the molecule is CN=C(NCc1ccc(Cl)nc1)NCC(C)Oc1cccc(C)c1. The minimum atomic E-state index is 0.0162. The average Bonchev–Trinajstić information content (AvgIpc) is 2.56. The molecule has 0 saturated heterocycles. The summed E-state index contributed by atoms with van der Waals surface area (Å²) in [6, 6.07) is 11.7. The summed E-state index contributed by atoms with van der Waals surface area (Å²) >= 11 is 5.78. The van der Waals surface area contributed by atoms with Gasteiger partial charge in [-0.1, -0.05) is 29.8 Å². The molecule has 128 valence electrons. The maximum Gasteiger partial charge on any atom is 0.191 e. The molecule has 5 nitrogen and oxygen atoms in total. The Balaban J connectivity index is 1.77. The van der Waals surface area contributed by atoms with Crippen molar-refractivity contribution in [2.75, 3.05) is 13.6 Å². The van der Waals surface area contributed by atoms with E-state index in [2.05, 4.69) is 20.6 Å². The van der Waals surface area contributed by atoms with Crippen LogP contribution in [0.15, 0.2) is 47.6 Å². The predicted molar refractivity (Wildman–Crippen MR) is 98.7 cm³/mol. The first-order valence-corrected chi connectivity index (χ1v) is 8.23. The van der Waals surface area contributed by atoms with Crippen LogP contribution < -0.4 is 15.4 Å². The normalized spacial score (nSPS) is 12.6. The van der Waals surface area contributed by atoms with Gasteiger partial charge in [-0.3, -0.25) is 4.99 Å². The summed E-state index contributed by atoms with van der Waals surface area (Å²) < 4.78 is 5.90. The van der Waals surface area contributed by atoms with Gasteiger partial charge in [0.1, 0.15) is 17.0 Å². The third kappa shape index (κ3) is 6.08. The van der Waals surface area contributed by atoms with E-state index in [-0.39, 0.29) is 6.10 Å².